The van der Waals surface area contributed by atoms with Crippen LogP contribution in [0.2, 0.25) is 0 Å². The molecular weight excluding hydrogens is 717 g/mol. The van der Waals surface area contributed by atoms with Gasteiger partial charge < -0.3 is 14.6 Å². The summed E-state index contributed by atoms with van der Waals surface area (Å²) >= 11 is 0. The zero-order chi connectivity index (χ0) is 42.1. The highest BCUT2D eigenvalue weighted by molar-refractivity contribution is 5.70. The Morgan fingerprint density at radius 3 is 1.05 bits per heavy atom. The summed E-state index contributed by atoms with van der Waals surface area (Å²) in [4.78, 5) is 24.3. The Morgan fingerprint density at radius 2 is 0.690 bits per heavy atom. The molecule has 0 spiro atoms. The summed E-state index contributed by atoms with van der Waals surface area (Å²) in [7, 11) is 0. The van der Waals surface area contributed by atoms with Gasteiger partial charge in [-0.15, -0.1) is 0 Å². The fourth-order valence-corrected chi connectivity index (χ4v) is 5.32. The number of aliphatic hydroxyl groups is 1. The van der Waals surface area contributed by atoms with Crippen LogP contribution in [0.4, 0.5) is 0 Å². The van der Waals surface area contributed by atoms with Gasteiger partial charge in [0.2, 0.25) is 0 Å². The molecule has 1 N–H and O–H groups in total. The van der Waals surface area contributed by atoms with Crippen molar-refractivity contribution in [3.63, 3.8) is 0 Å². The average Bonchev–Trinajstić information content (AvgIpc) is 3.23. The second-order valence-electron chi connectivity index (χ2n) is 14.0. The summed E-state index contributed by atoms with van der Waals surface area (Å²) in [6.07, 6.45) is 72.0. The van der Waals surface area contributed by atoms with E-state index in [0.29, 0.717) is 12.8 Å². The maximum Gasteiger partial charge on any atom is 0.306 e. The summed E-state index contributed by atoms with van der Waals surface area (Å²) in [5.41, 5.74) is 0. The third-order valence-corrected chi connectivity index (χ3v) is 8.63. The van der Waals surface area contributed by atoms with E-state index in [9.17, 15) is 14.7 Å². The van der Waals surface area contributed by atoms with Crippen molar-refractivity contribution < 1.29 is 24.2 Å². The summed E-state index contributed by atoms with van der Waals surface area (Å²) in [5, 5.41) is 9.58. The lowest BCUT2D eigenvalue weighted by Gasteiger charge is -2.15. The van der Waals surface area contributed by atoms with Gasteiger partial charge in [-0.25, -0.2) is 0 Å². The Hall–Kier alpha value is -4.22. The Bertz CT molecular complexity index is 1310. The van der Waals surface area contributed by atoms with E-state index in [0.717, 1.165) is 122 Å². The number of carbonyl (C=O) groups excluding carboxylic acids is 2. The van der Waals surface area contributed by atoms with Crippen LogP contribution in [0.15, 0.2) is 146 Å². The number of carbonyl (C=O) groups is 2. The molecule has 0 radical (unpaired) electrons. The maximum absolute atomic E-state index is 12.2. The van der Waals surface area contributed by atoms with Gasteiger partial charge >= 0.3 is 11.9 Å². The standard InChI is InChI=1S/C53H80O5/c1-3-5-7-9-11-13-15-17-19-21-22-23-24-25-26-27-28-29-30-32-34-36-38-40-42-44-46-48-53(56)58-51(49-54)50-57-52(55)47-45-43-41-39-37-35-33-31-20-18-16-14-12-10-8-6-4-2/h5-8,11-14,17-20,22-23,25-26,28-29,32-35,38,40,51,54H,3-4,9-10,15-16,21,24,27,30-31,36-37,39,41-50H2,1-2H3/b7-5-,8-6-,13-11-,14-12-,19-17-,20-18-,23-22-,26-25-,29-28-,34-32-,35-33-,40-38-. The molecule has 58 heavy (non-hydrogen) atoms. The lowest BCUT2D eigenvalue weighted by molar-refractivity contribution is -0.161. The number of rotatable bonds is 38. The molecule has 0 aromatic rings. The average molecular weight is 797 g/mol. The van der Waals surface area contributed by atoms with Crippen LogP contribution in [0.5, 0.6) is 0 Å². The largest absolute Gasteiger partial charge is 0.462 e. The summed E-state index contributed by atoms with van der Waals surface area (Å²) in [6.45, 7) is 3.83. The van der Waals surface area contributed by atoms with Gasteiger partial charge in [-0.05, 0) is 116 Å². The van der Waals surface area contributed by atoms with Crippen molar-refractivity contribution in [2.75, 3.05) is 13.2 Å². The first-order valence-corrected chi connectivity index (χ1v) is 22.4. The van der Waals surface area contributed by atoms with Crippen molar-refractivity contribution in [3.05, 3.63) is 146 Å². The van der Waals surface area contributed by atoms with E-state index < -0.39 is 6.10 Å². The third kappa shape index (κ3) is 44.5. The SMILES string of the molecule is CC/C=C\C/C=C\C/C=C\C/C=C\C/C=C\C/C=C\C/C=C\C/C=C\CCCCC(=O)OC(CO)COC(=O)CCCCCC/C=C\C/C=C\C/C=C\C/C=C\CC. The zero-order valence-electron chi connectivity index (χ0n) is 36.5. The third-order valence-electron chi connectivity index (χ3n) is 8.63. The minimum absolute atomic E-state index is 0.108. The molecule has 0 aromatic carbocycles. The van der Waals surface area contributed by atoms with Gasteiger partial charge in [-0.2, -0.15) is 0 Å². The fraction of sp³-hybridized carbons (Fsp3) is 0.509. The van der Waals surface area contributed by atoms with Crippen molar-refractivity contribution in [2.45, 2.75) is 161 Å². The molecule has 0 amide bonds. The second kappa shape index (κ2) is 47.2. The molecule has 0 heterocycles. The van der Waals surface area contributed by atoms with Gasteiger partial charge in [-0.3, -0.25) is 9.59 Å². The zero-order valence-corrected chi connectivity index (χ0v) is 36.5. The van der Waals surface area contributed by atoms with Crippen molar-refractivity contribution in [1.82, 2.24) is 0 Å². The van der Waals surface area contributed by atoms with Gasteiger partial charge in [0, 0.05) is 12.8 Å². The second-order valence-corrected chi connectivity index (χ2v) is 14.0. The summed E-state index contributed by atoms with van der Waals surface area (Å²) < 4.78 is 10.6. The molecule has 0 aliphatic rings. The molecule has 0 fully saturated rings. The van der Waals surface area contributed by atoms with Gasteiger partial charge in [0.1, 0.15) is 6.61 Å². The Morgan fingerprint density at radius 1 is 0.397 bits per heavy atom. The predicted octanol–water partition coefficient (Wildman–Crippen LogP) is 14.7. The van der Waals surface area contributed by atoms with Crippen LogP contribution in [-0.2, 0) is 19.1 Å². The van der Waals surface area contributed by atoms with Gasteiger partial charge in [0.05, 0.1) is 6.61 Å². The molecule has 0 saturated carbocycles. The van der Waals surface area contributed by atoms with Crippen LogP contribution in [0, 0.1) is 0 Å². The highest BCUT2D eigenvalue weighted by atomic mass is 16.6. The van der Waals surface area contributed by atoms with Gasteiger partial charge in [0.25, 0.3) is 0 Å². The molecule has 0 bridgehead atoms. The molecular formula is C53H80O5. The minimum Gasteiger partial charge on any atom is -0.462 e. The fourth-order valence-electron chi connectivity index (χ4n) is 5.32. The highest BCUT2D eigenvalue weighted by Gasteiger charge is 2.16. The molecule has 1 atom stereocenters. The quantitative estimate of drug-likeness (QED) is 0.0383. The number of aliphatic hydroxyl groups excluding tert-OH is 1. The lowest BCUT2D eigenvalue weighted by atomic mass is 10.1. The molecule has 5 heteroatoms. The van der Waals surface area contributed by atoms with E-state index >= 15 is 0 Å². The normalized spacial score (nSPS) is 13.6. The molecule has 0 aliphatic heterocycles. The van der Waals surface area contributed by atoms with E-state index in [1.54, 1.807) is 0 Å². The van der Waals surface area contributed by atoms with Crippen molar-refractivity contribution in [2.24, 2.45) is 0 Å². The molecule has 322 valence electrons. The van der Waals surface area contributed by atoms with Gasteiger partial charge in [-0.1, -0.05) is 173 Å². The van der Waals surface area contributed by atoms with E-state index in [-0.39, 0.29) is 31.6 Å². The predicted molar refractivity (Wildman–Crippen MR) is 251 cm³/mol. The first-order valence-electron chi connectivity index (χ1n) is 22.4. The topological polar surface area (TPSA) is 72.8 Å². The number of unbranched alkanes of at least 4 members (excludes halogenated alkanes) is 6. The summed E-state index contributed by atoms with van der Waals surface area (Å²) in [5.74, 6) is -0.687. The van der Waals surface area contributed by atoms with Crippen LogP contribution >= 0.6 is 0 Å². The number of hydrogen-bond donors (Lipinski definition) is 1. The number of esters is 2. The molecule has 1 unspecified atom stereocenters. The molecule has 0 saturated heterocycles. The highest BCUT2D eigenvalue weighted by Crippen LogP contribution is 2.09. The van der Waals surface area contributed by atoms with E-state index in [1.807, 2.05) is 0 Å². The molecule has 0 aromatic heterocycles. The molecule has 0 rings (SSSR count). The van der Waals surface area contributed by atoms with Crippen LogP contribution in [0.3, 0.4) is 0 Å². The number of ether oxygens (including phenoxy) is 2. The Balaban J connectivity index is 3.75. The van der Waals surface area contributed by atoms with E-state index in [4.69, 9.17) is 9.47 Å². The van der Waals surface area contributed by atoms with Crippen LogP contribution < -0.4 is 0 Å². The van der Waals surface area contributed by atoms with Crippen molar-refractivity contribution >= 4 is 11.9 Å². The van der Waals surface area contributed by atoms with Crippen LogP contribution in [0.1, 0.15) is 155 Å². The van der Waals surface area contributed by atoms with E-state index in [1.165, 1.54) is 0 Å². The van der Waals surface area contributed by atoms with Crippen LogP contribution in [-0.4, -0.2) is 36.4 Å². The van der Waals surface area contributed by atoms with Crippen LogP contribution in [0.25, 0.3) is 0 Å². The molecule has 0 aliphatic carbocycles. The maximum atomic E-state index is 12.2. The smallest absolute Gasteiger partial charge is 0.306 e. The molecule has 5 nitrogen and oxygen atoms in total. The Kier molecular flexibility index (Phi) is 43.7. The number of allylic oxidation sites excluding steroid dienone is 24. The summed E-state index contributed by atoms with van der Waals surface area (Å²) in [6, 6.07) is 0. The number of hydrogen-bond acceptors (Lipinski definition) is 5. The minimum atomic E-state index is -0.817. The monoisotopic (exact) mass is 797 g/mol. The van der Waals surface area contributed by atoms with Gasteiger partial charge in [0.15, 0.2) is 6.10 Å². The Labute approximate surface area is 355 Å². The first-order chi connectivity index (χ1) is 28.6. The first kappa shape index (κ1) is 53.8. The van der Waals surface area contributed by atoms with E-state index in [2.05, 4.69) is 160 Å². The van der Waals surface area contributed by atoms with Crippen molar-refractivity contribution in [1.29, 1.82) is 0 Å². The lowest BCUT2D eigenvalue weighted by Crippen LogP contribution is -2.28. The van der Waals surface area contributed by atoms with Crippen molar-refractivity contribution in [3.8, 4) is 0 Å².